The highest BCUT2D eigenvalue weighted by Gasteiger charge is 2.53. The van der Waals surface area contributed by atoms with Gasteiger partial charge in [0, 0.05) is 0 Å². The molecule has 2 heterocycles. The van der Waals surface area contributed by atoms with Gasteiger partial charge in [-0.05, 0) is 17.7 Å². The van der Waals surface area contributed by atoms with Crippen molar-refractivity contribution in [3.63, 3.8) is 0 Å². The van der Waals surface area contributed by atoms with E-state index < -0.39 is 68.5 Å². The molecule has 2 aliphatic heterocycles. The second kappa shape index (κ2) is 11.8. The van der Waals surface area contributed by atoms with E-state index in [9.17, 15) is 30.6 Å². The summed E-state index contributed by atoms with van der Waals surface area (Å²) in [7, 11) is 2.76. The van der Waals surface area contributed by atoms with E-state index in [1.807, 2.05) is 0 Å². The lowest BCUT2D eigenvalue weighted by molar-refractivity contribution is -0.319. The SMILES string of the molecule is COc1cc(C=CCO)cc(OC)c1O[C@@H]1O[C@@H](CO)[C@H](O)[C@@H](O)[C@@H]1O[C@H]1OC[C@@](O)(CO)[C@H]1O. The van der Waals surface area contributed by atoms with Gasteiger partial charge in [-0.25, -0.2) is 0 Å². The van der Waals surface area contributed by atoms with Gasteiger partial charge in [0.25, 0.3) is 0 Å². The first kappa shape index (κ1) is 27.5. The fourth-order valence-electron chi connectivity index (χ4n) is 3.78. The van der Waals surface area contributed by atoms with Crippen LogP contribution in [0.1, 0.15) is 5.56 Å². The Morgan fingerprint density at radius 2 is 1.69 bits per heavy atom. The molecule has 0 spiro atoms. The van der Waals surface area contributed by atoms with E-state index in [4.69, 9.17) is 33.5 Å². The molecule has 2 fully saturated rings. The van der Waals surface area contributed by atoms with Crippen LogP contribution in [0.25, 0.3) is 6.08 Å². The van der Waals surface area contributed by atoms with Gasteiger partial charge < -0.3 is 64.2 Å². The van der Waals surface area contributed by atoms with Crippen LogP contribution in [-0.2, 0) is 14.2 Å². The molecule has 8 atom stereocenters. The highest BCUT2D eigenvalue weighted by atomic mass is 16.8. The first-order valence-corrected chi connectivity index (χ1v) is 10.8. The lowest BCUT2D eigenvalue weighted by atomic mass is 9.98. The molecule has 198 valence electrons. The van der Waals surface area contributed by atoms with Gasteiger partial charge in [-0.15, -0.1) is 0 Å². The smallest absolute Gasteiger partial charge is 0.230 e. The molecule has 2 saturated heterocycles. The fraction of sp³-hybridized carbons (Fsp3) is 0.636. The van der Waals surface area contributed by atoms with E-state index in [1.165, 1.54) is 20.3 Å². The van der Waals surface area contributed by atoms with Gasteiger partial charge in [0.1, 0.15) is 30.0 Å². The van der Waals surface area contributed by atoms with Crippen molar-refractivity contribution in [2.45, 2.75) is 48.7 Å². The summed E-state index contributed by atoms with van der Waals surface area (Å²) in [6, 6.07) is 3.17. The van der Waals surface area contributed by atoms with Gasteiger partial charge in [0.2, 0.25) is 12.0 Å². The zero-order chi connectivity index (χ0) is 25.8. The highest BCUT2D eigenvalue weighted by molar-refractivity contribution is 5.62. The number of benzene rings is 1. The molecule has 0 aliphatic carbocycles. The zero-order valence-corrected chi connectivity index (χ0v) is 19.3. The molecule has 13 heteroatoms. The minimum Gasteiger partial charge on any atom is -0.493 e. The van der Waals surface area contributed by atoms with Gasteiger partial charge in [0.15, 0.2) is 23.9 Å². The number of aliphatic hydroxyl groups is 7. The number of aliphatic hydroxyl groups excluding tert-OH is 6. The van der Waals surface area contributed by atoms with Crippen molar-refractivity contribution >= 4 is 6.08 Å². The van der Waals surface area contributed by atoms with Gasteiger partial charge in [-0.1, -0.05) is 12.2 Å². The summed E-state index contributed by atoms with van der Waals surface area (Å²) in [6.45, 7) is -2.09. The Kier molecular flexibility index (Phi) is 9.28. The first-order valence-electron chi connectivity index (χ1n) is 10.8. The van der Waals surface area contributed by atoms with E-state index in [0.717, 1.165) is 0 Å². The molecule has 0 saturated carbocycles. The van der Waals surface area contributed by atoms with Crippen LogP contribution in [0.5, 0.6) is 17.2 Å². The van der Waals surface area contributed by atoms with E-state index in [2.05, 4.69) is 0 Å². The van der Waals surface area contributed by atoms with Crippen LogP contribution < -0.4 is 14.2 Å². The number of methoxy groups -OCH3 is 2. The van der Waals surface area contributed by atoms with Crippen molar-refractivity contribution in [1.29, 1.82) is 0 Å². The molecule has 0 unspecified atom stereocenters. The van der Waals surface area contributed by atoms with Crippen LogP contribution in [0.15, 0.2) is 18.2 Å². The molecule has 0 bridgehead atoms. The third-order valence-electron chi connectivity index (χ3n) is 5.83. The second-order valence-corrected chi connectivity index (χ2v) is 8.15. The standard InChI is InChI=1S/C22H32O13/c1-30-12-6-11(4-3-5-23)7-13(31-2)17(12)34-20-18(16(27)15(26)14(8-24)33-20)35-21-19(28)22(29,9-25)10-32-21/h3-4,6-7,14-16,18-21,23-29H,5,8-10H2,1-2H3/t14-,15-,16+,18-,19-,20-,21+,22-/m0/s1. The van der Waals surface area contributed by atoms with Crippen molar-refractivity contribution in [3.05, 3.63) is 23.8 Å². The molecule has 2 aliphatic rings. The number of ether oxygens (including phenoxy) is 6. The Labute approximate surface area is 201 Å². The van der Waals surface area contributed by atoms with Crippen LogP contribution in [-0.4, -0.2) is 125 Å². The summed E-state index contributed by atoms with van der Waals surface area (Å²) in [6.07, 6.45) is -7.54. The minimum atomic E-state index is -1.99. The summed E-state index contributed by atoms with van der Waals surface area (Å²) in [5, 5.41) is 69.6. The van der Waals surface area contributed by atoms with Gasteiger partial charge in [0.05, 0.1) is 40.6 Å². The Bertz CT molecular complexity index is 839. The largest absolute Gasteiger partial charge is 0.493 e. The Morgan fingerprint density at radius 3 is 2.20 bits per heavy atom. The maximum absolute atomic E-state index is 10.7. The molecule has 13 nitrogen and oxygen atoms in total. The third-order valence-corrected chi connectivity index (χ3v) is 5.83. The molecular formula is C22H32O13. The van der Waals surface area contributed by atoms with E-state index in [0.29, 0.717) is 5.56 Å². The Balaban J connectivity index is 1.93. The van der Waals surface area contributed by atoms with Crippen molar-refractivity contribution in [3.8, 4) is 17.2 Å². The van der Waals surface area contributed by atoms with Crippen molar-refractivity contribution in [2.75, 3.05) is 40.6 Å². The molecular weight excluding hydrogens is 472 g/mol. The average molecular weight is 504 g/mol. The molecule has 1 aromatic rings. The van der Waals surface area contributed by atoms with Crippen LogP contribution in [0, 0.1) is 0 Å². The Morgan fingerprint density at radius 1 is 1.03 bits per heavy atom. The predicted molar refractivity (Wildman–Crippen MR) is 117 cm³/mol. The van der Waals surface area contributed by atoms with Gasteiger partial charge in [-0.2, -0.15) is 0 Å². The maximum atomic E-state index is 10.7. The lowest BCUT2D eigenvalue weighted by Crippen LogP contribution is -2.62. The molecule has 0 radical (unpaired) electrons. The molecule has 0 amide bonds. The highest BCUT2D eigenvalue weighted by Crippen LogP contribution is 2.41. The summed E-state index contributed by atoms with van der Waals surface area (Å²) in [5.41, 5.74) is -1.37. The zero-order valence-electron chi connectivity index (χ0n) is 19.3. The fourth-order valence-corrected chi connectivity index (χ4v) is 3.78. The quantitative estimate of drug-likeness (QED) is 0.175. The van der Waals surface area contributed by atoms with Crippen molar-refractivity contribution in [1.82, 2.24) is 0 Å². The summed E-state index contributed by atoms with van der Waals surface area (Å²) >= 11 is 0. The van der Waals surface area contributed by atoms with Crippen LogP contribution in [0.3, 0.4) is 0 Å². The number of hydrogen-bond acceptors (Lipinski definition) is 13. The van der Waals surface area contributed by atoms with E-state index in [-0.39, 0.29) is 23.9 Å². The molecule has 3 rings (SSSR count). The summed E-state index contributed by atoms with van der Waals surface area (Å²) < 4.78 is 33.3. The van der Waals surface area contributed by atoms with E-state index >= 15 is 0 Å². The van der Waals surface area contributed by atoms with Crippen LogP contribution >= 0.6 is 0 Å². The first-order chi connectivity index (χ1) is 16.7. The van der Waals surface area contributed by atoms with Crippen LogP contribution in [0.2, 0.25) is 0 Å². The number of hydrogen-bond donors (Lipinski definition) is 7. The topological polar surface area (TPSA) is 197 Å². The van der Waals surface area contributed by atoms with E-state index in [1.54, 1.807) is 18.2 Å². The molecule has 35 heavy (non-hydrogen) atoms. The summed E-state index contributed by atoms with van der Waals surface area (Å²) in [4.78, 5) is 0. The van der Waals surface area contributed by atoms with Gasteiger partial charge in [-0.3, -0.25) is 0 Å². The lowest BCUT2D eigenvalue weighted by Gasteiger charge is -2.42. The summed E-state index contributed by atoms with van der Waals surface area (Å²) in [5.74, 6) is 0.421. The predicted octanol–water partition coefficient (Wildman–Crippen LogP) is -2.65. The minimum absolute atomic E-state index is 0.0368. The molecule has 1 aromatic carbocycles. The molecule has 0 aromatic heterocycles. The maximum Gasteiger partial charge on any atom is 0.230 e. The monoisotopic (exact) mass is 504 g/mol. The Hall–Kier alpha value is -2.04. The van der Waals surface area contributed by atoms with Crippen molar-refractivity contribution in [2.24, 2.45) is 0 Å². The third kappa shape index (κ3) is 5.70. The van der Waals surface area contributed by atoms with Crippen molar-refractivity contribution < 1.29 is 64.2 Å². The van der Waals surface area contributed by atoms with Gasteiger partial charge >= 0.3 is 0 Å². The average Bonchev–Trinajstić information content (AvgIpc) is 3.16. The van der Waals surface area contributed by atoms with Crippen LogP contribution in [0.4, 0.5) is 0 Å². The second-order valence-electron chi connectivity index (χ2n) is 8.15. The molecule has 7 N–H and O–H groups in total. The number of rotatable bonds is 10. The normalized spacial score (nSPS) is 35.4.